The molecule has 9 heteroatoms. The van der Waals surface area contributed by atoms with Crippen molar-refractivity contribution >= 4 is 27.5 Å². The normalized spacial score (nSPS) is 15.4. The number of anilines is 1. The summed E-state index contributed by atoms with van der Waals surface area (Å²) in [5, 5.41) is 2.22. The van der Waals surface area contributed by atoms with Crippen molar-refractivity contribution < 1.29 is 22.4 Å². The fourth-order valence-electron chi connectivity index (χ4n) is 3.61. The van der Waals surface area contributed by atoms with Gasteiger partial charge >= 0.3 is 6.03 Å². The summed E-state index contributed by atoms with van der Waals surface area (Å²) in [7, 11) is -1.43. The molecule has 7 nitrogen and oxygen atoms in total. The van der Waals surface area contributed by atoms with Crippen LogP contribution in [-0.2, 0) is 14.6 Å². The fraction of sp³-hybridized carbons (Fsp3) is 0.619. The number of rotatable bonds is 12. The summed E-state index contributed by atoms with van der Waals surface area (Å²) < 4.78 is 39.2. The third-order valence-electron chi connectivity index (χ3n) is 5.26. The Kier molecular flexibility index (Phi) is 8.64. The molecule has 168 valence electrons. The van der Waals surface area contributed by atoms with Crippen molar-refractivity contribution in [1.29, 1.82) is 0 Å². The maximum Gasteiger partial charge on any atom is 0.324 e. The minimum absolute atomic E-state index is 0.0125. The number of unbranched alkanes of at least 4 members (excludes halogenated alkanes) is 2. The summed E-state index contributed by atoms with van der Waals surface area (Å²) in [6, 6.07) is 4.42. The van der Waals surface area contributed by atoms with E-state index in [4.69, 9.17) is 0 Å². The van der Waals surface area contributed by atoms with Crippen LogP contribution < -0.4 is 10.2 Å². The Hall–Kier alpha value is -2.16. The fourth-order valence-corrected chi connectivity index (χ4v) is 5.37. The molecule has 1 N–H and O–H groups in total. The number of carbonyl (C=O) groups excluding carboxylic acids is 2. The number of nitrogens with one attached hydrogen (secondary N) is 1. The van der Waals surface area contributed by atoms with Gasteiger partial charge in [-0.1, -0.05) is 26.3 Å². The highest BCUT2D eigenvalue weighted by molar-refractivity contribution is 7.91. The molecule has 1 fully saturated rings. The Balaban J connectivity index is 1.82. The molecular weight excluding hydrogens is 409 g/mol. The lowest BCUT2D eigenvalue weighted by Gasteiger charge is -2.21. The molecule has 1 saturated heterocycles. The highest BCUT2D eigenvalue weighted by Gasteiger charge is 2.25. The van der Waals surface area contributed by atoms with E-state index >= 15 is 0 Å². The van der Waals surface area contributed by atoms with E-state index in [0.29, 0.717) is 31.5 Å². The predicted molar refractivity (Wildman–Crippen MR) is 116 cm³/mol. The van der Waals surface area contributed by atoms with Gasteiger partial charge in [-0.2, -0.15) is 0 Å². The standard InChI is InChI=1S/C21H32FN3O4S/c1-4-10-24(3)19-13-17(8-9-18(19)22)16(2)15-30(28,29)12-7-5-6-11-25-14-20(26)23-21(25)27/h8-9,13,16H,4-7,10-12,14-15H2,1-3H3,(H,23,26,27)/t16-/m0/s1. The van der Waals surface area contributed by atoms with Gasteiger partial charge in [0.25, 0.3) is 0 Å². The lowest BCUT2D eigenvalue weighted by Crippen LogP contribution is -2.29. The van der Waals surface area contributed by atoms with Gasteiger partial charge in [0.1, 0.15) is 12.4 Å². The minimum atomic E-state index is -3.26. The van der Waals surface area contributed by atoms with Crippen LogP contribution in [-0.4, -0.2) is 63.4 Å². The number of benzene rings is 1. The topological polar surface area (TPSA) is 86.8 Å². The lowest BCUT2D eigenvalue weighted by atomic mass is 10.0. The zero-order chi connectivity index (χ0) is 22.3. The average molecular weight is 442 g/mol. The van der Waals surface area contributed by atoms with Crippen molar-refractivity contribution in [1.82, 2.24) is 10.2 Å². The van der Waals surface area contributed by atoms with E-state index in [2.05, 4.69) is 5.32 Å². The zero-order valence-electron chi connectivity index (χ0n) is 18.0. The largest absolute Gasteiger partial charge is 0.372 e. The first-order valence-corrected chi connectivity index (χ1v) is 12.2. The second-order valence-electron chi connectivity index (χ2n) is 7.98. The van der Waals surface area contributed by atoms with Gasteiger partial charge in [0.2, 0.25) is 5.91 Å². The number of carbonyl (C=O) groups is 2. The van der Waals surface area contributed by atoms with E-state index in [9.17, 15) is 22.4 Å². The van der Waals surface area contributed by atoms with Crippen molar-refractivity contribution in [3.8, 4) is 0 Å². The second-order valence-corrected chi connectivity index (χ2v) is 10.2. The Labute approximate surface area is 178 Å². The molecule has 0 unspecified atom stereocenters. The summed E-state index contributed by atoms with van der Waals surface area (Å²) in [5.74, 6) is -0.756. The molecule has 0 saturated carbocycles. The van der Waals surface area contributed by atoms with E-state index in [1.165, 1.54) is 11.0 Å². The molecule has 30 heavy (non-hydrogen) atoms. The van der Waals surface area contributed by atoms with Crippen LogP contribution in [0.4, 0.5) is 14.9 Å². The highest BCUT2D eigenvalue weighted by Crippen LogP contribution is 2.26. The maximum atomic E-state index is 14.1. The maximum absolute atomic E-state index is 14.1. The summed E-state index contributed by atoms with van der Waals surface area (Å²) in [6.45, 7) is 5.10. The van der Waals surface area contributed by atoms with E-state index in [1.54, 1.807) is 12.1 Å². The van der Waals surface area contributed by atoms with Crippen LogP contribution >= 0.6 is 0 Å². The van der Waals surface area contributed by atoms with Gasteiger partial charge in [0.15, 0.2) is 9.84 Å². The molecule has 1 aliphatic heterocycles. The van der Waals surface area contributed by atoms with E-state index < -0.39 is 9.84 Å². The number of hydrogen-bond donors (Lipinski definition) is 1. The molecule has 0 aromatic heterocycles. The second kappa shape index (κ2) is 10.7. The highest BCUT2D eigenvalue weighted by atomic mass is 32.2. The van der Waals surface area contributed by atoms with Crippen LogP contribution in [0.5, 0.6) is 0 Å². The summed E-state index contributed by atoms with van der Waals surface area (Å²) in [5.41, 5.74) is 1.30. The Bertz CT molecular complexity index is 860. The van der Waals surface area contributed by atoms with Gasteiger partial charge in [-0.05, 0) is 42.9 Å². The van der Waals surface area contributed by atoms with Gasteiger partial charge < -0.3 is 9.80 Å². The smallest absolute Gasteiger partial charge is 0.324 e. The summed E-state index contributed by atoms with van der Waals surface area (Å²) in [6.07, 6.45) is 2.71. The van der Waals surface area contributed by atoms with Gasteiger partial charge in [0, 0.05) is 20.1 Å². The molecular formula is C21H32FN3O4S. The molecule has 0 aliphatic carbocycles. The molecule has 0 bridgehead atoms. The first-order valence-electron chi connectivity index (χ1n) is 10.4. The van der Waals surface area contributed by atoms with Crippen LogP contribution in [0.15, 0.2) is 18.2 Å². The zero-order valence-corrected chi connectivity index (χ0v) is 18.8. The van der Waals surface area contributed by atoms with Crippen LogP contribution in [0.1, 0.15) is 51.0 Å². The average Bonchev–Trinajstić information content (AvgIpc) is 2.98. The molecule has 1 aromatic rings. The Morgan fingerprint density at radius 1 is 1.23 bits per heavy atom. The third kappa shape index (κ3) is 6.97. The van der Waals surface area contributed by atoms with Gasteiger partial charge in [-0.15, -0.1) is 0 Å². The van der Waals surface area contributed by atoms with Crippen molar-refractivity contribution in [3.63, 3.8) is 0 Å². The van der Waals surface area contributed by atoms with Gasteiger partial charge in [-0.25, -0.2) is 17.6 Å². The van der Waals surface area contributed by atoms with Crippen LogP contribution in [0, 0.1) is 5.82 Å². The number of sulfone groups is 1. The Morgan fingerprint density at radius 3 is 2.60 bits per heavy atom. The number of halogens is 1. The first-order chi connectivity index (χ1) is 14.1. The first kappa shape index (κ1) is 24.1. The number of amides is 3. The Morgan fingerprint density at radius 2 is 1.97 bits per heavy atom. The summed E-state index contributed by atoms with van der Waals surface area (Å²) in [4.78, 5) is 25.9. The van der Waals surface area contributed by atoms with Crippen molar-refractivity contribution in [2.24, 2.45) is 0 Å². The number of nitrogens with zero attached hydrogens (tertiary/aromatic N) is 2. The number of hydrogen-bond acceptors (Lipinski definition) is 5. The van der Waals surface area contributed by atoms with Gasteiger partial charge in [-0.3, -0.25) is 10.1 Å². The molecule has 1 atom stereocenters. The third-order valence-corrected chi connectivity index (χ3v) is 7.18. The lowest BCUT2D eigenvalue weighted by molar-refractivity contribution is -0.118. The monoisotopic (exact) mass is 441 g/mol. The molecule has 1 aromatic carbocycles. The van der Waals surface area contributed by atoms with Crippen LogP contribution in [0.2, 0.25) is 0 Å². The predicted octanol–water partition coefficient (Wildman–Crippen LogP) is 2.91. The summed E-state index contributed by atoms with van der Waals surface area (Å²) >= 11 is 0. The van der Waals surface area contributed by atoms with E-state index in [1.807, 2.05) is 25.8 Å². The van der Waals surface area contributed by atoms with Crippen molar-refractivity contribution in [2.75, 3.05) is 43.1 Å². The SMILES string of the molecule is CCCN(C)c1cc([C@@H](C)CS(=O)(=O)CCCCCN2CC(=O)NC2=O)ccc1F. The minimum Gasteiger partial charge on any atom is -0.372 e. The number of urea groups is 1. The van der Waals surface area contributed by atoms with Crippen molar-refractivity contribution in [2.45, 2.75) is 45.4 Å². The molecule has 3 amide bonds. The van der Waals surface area contributed by atoms with Crippen molar-refractivity contribution in [3.05, 3.63) is 29.6 Å². The van der Waals surface area contributed by atoms with Gasteiger partial charge in [0.05, 0.1) is 17.2 Å². The quantitative estimate of drug-likeness (QED) is 0.398. The molecule has 1 heterocycles. The van der Waals surface area contributed by atoms with Crippen LogP contribution in [0.25, 0.3) is 0 Å². The molecule has 2 rings (SSSR count). The number of imide groups is 1. The van der Waals surface area contributed by atoms with E-state index in [0.717, 1.165) is 18.5 Å². The molecule has 0 spiro atoms. The van der Waals surface area contributed by atoms with E-state index in [-0.39, 0.29) is 41.7 Å². The molecule has 0 radical (unpaired) electrons. The van der Waals surface area contributed by atoms with Crippen LogP contribution in [0.3, 0.4) is 0 Å². The molecule has 1 aliphatic rings.